The van der Waals surface area contributed by atoms with Crippen molar-refractivity contribution in [2.45, 2.75) is 40.0 Å². The summed E-state index contributed by atoms with van der Waals surface area (Å²) in [6.07, 6.45) is 2.23. The lowest BCUT2D eigenvalue weighted by Gasteiger charge is -2.34. The molecule has 2 atom stereocenters. The van der Waals surface area contributed by atoms with Crippen LogP contribution in [0.25, 0.3) is 0 Å². The zero-order chi connectivity index (χ0) is 19.6. The van der Waals surface area contributed by atoms with Crippen molar-refractivity contribution in [3.63, 3.8) is 0 Å². The van der Waals surface area contributed by atoms with E-state index < -0.39 is 0 Å². The zero-order valence-electron chi connectivity index (χ0n) is 16.5. The molecule has 3 rings (SSSR count). The van der Waals surface area contributed by atoms with Crippen LogP contribution < -0.4 is 10.2 Å². The van der Waals surface area contributed by atoms with E-state index in [0.717, 1.165) is 36.2 Å². The maximum absolute atomic E-state index is 13.0. The summed E-state index contributed by atoms with van der Waals surface area (Å²) >= 11 is 0. The van der Waals surface area contributed by atoms with Crippen LogP contribution >= 0.6 is 0 Å². The Bertz CT molecular complexity index is 746. The number of anilines is 1. The van der Waals surface area contributed by atoms with Crippen LogP contribution in [-0.2, 0) is 14.4 Å². The second-order valence-electron chi connectivity index (χ2n) is 7.85. The Morgan fingerprint density at radius 3 is 2.74 bits per heavy atom. The summed E-state index contributed by atoms with van der Waals surface area (Å²) in [5, 5.41) is 2.85. The molecule has 0 unspecified atom stereocenters. The molecule has 0 aromatic heterocycles. The molecule has 1 N–H and O–H groups in total. The molecule has 2 fully saturated rings. The largest absolute Gasteiger partial charge is 0.356 e. The normalized spacial score (nSPS) is 22.9. The highest BCUT2D eigenvalue weighted by Gasteiger charge is 2.38. The van der Waals surface area contributed by atoms with E-state index >= 15 is 0 Å². The summed E-state index contributed by atoms with van der Waals surface area (Å²) in [6, 6.07) is 5.94. The Hall–Kier alpha value is -2.37. The molecule has 1 aromatic carbocycles. The van der Waals surface area contributed by atoms with Gasteiger partial charge in [-0.05, 0) is 49.8 Å². The SMILES string of the molecule is CC(=O)NC[C@H]1CCCN(C(=O)[C@@H]2CC(=O)N(c3cccc(C)c3C)C2)C1. The standard InChI is InChI=1S/C21H29N3O3/c1-14-6-4-8-19(15(14)2)24-13-18(10-20(24)26)21(27)23-9-5-7-17(12-23)11-22-16(3)25/h4,6,8,17-18H,5,7,9-13H2,1-3H3,(H,22,25)/t17-,18-/m1/s1. The first-order valence-corrected chi connectivity index (χ1v) is 9.76. The Balaban J connectivity index is 1.65. The molecular weight excluding hydrogens is 342 g/mol. The molecule has 146 valence electrons. The van der Waals surface area contributed by atoms with Crippen LogP contribution in [0, 0.1) is 25.7 Å². The monoisotopic (exact) mass is 371 g/mol. The summed E-state index contributed by atoms with van der Waals surface area (Å²) in [7, 11) is 0. The van der Waals surface area contributed by atoms with Crippen molar-refractivity contribution in [1.82, 2.24) is 10.2 Å². The molecule has 6 heteroatoms. The van der Waals surface area contributed by atoms with Crippen LogP contribution in [0.3, 0.4) is 0 Å². The zero-order valence-corrected chi connectivity index (χ0v) is 16.5. The Labute approximate surface area is 160 Å². The number of amides is 3. The molecule has 0 spiro atoms. The van der Waals surface area contributed by atoms with Crippen molar-refractivity contribution in [2.75, 3.05) is 31.1 Å². The number of carbonyl (C=O) groups excluding carboxylic acids is 3. The van der Waals surface area contributed by atoms with E-state index in [0.29, 0.717) is 25.6 Å². The quantitative estimate of drug-likeness (QED) is 0.880. The fraction of sp³-hybridized carbons (Fsp3) is 0.571. The van der Waals surface area contributed by atoms with Crippen LogP contribution in [0.2, 0.25) is 0 Å². The molecule has 2 aliphatic rings. The predicted molar refractivity (Wildman–Crippen MR) is 104 cm³/mol. The van der Waals surface area contributed by atoms with Gasteiger partial charge in [-0.2, -0.15) is 0 Å². The van der Waals surface area contributed by atoms with Crippen LogP contribution in [0.1, 0.15) is 37.3 Å². The fourth-order valence-corrected chi connectivity index (χ4v) is 4.11. The highest BCUT2D eigenvalue weighted by atomic mass is 16.2. The predicted octanol–water partition coefficient (Wildman–Crippen LogP) is 2.03. The first-order chi connectivity index (χ1) is 12.9. The van der Waals surface area contributed by atoms with Gasteiger partial charge in [0.05, 0.1) is 5.92 Å². The highest BCUT2D eigenvalue weighted by molar-refractivity contribution is 6.01. The van der Waals surface area contributed by atoms with Gasteiger partial charge in [-0.3, -0.25) is 14.4 Å². The summed E-state index contributed by atoms with van der Waals surface area (Å²) < 4.78 is 0. The van der Waals surface area contributed by atoms with Gasteiger partial charge in [0, 0.05) is 45.2 Å². The van der Waals surface area contributed by atoms with Gasteiger partial charge >= 0.3 is 0 Å². The van der Waals surface area contributed by atoms with Gasteiger partial charge in [-0.15, -0.1) is 0 Å². The van der Waals surface area contributed by atoms with Gasteiger partial charge in [-0.25, -0.2) is 0 Å². The number of likely N-dealkylation sites (tertiary alicyclic amines) is 1. The van der Waals surface area contributed by atoms with Gasteiger partial charge < -0.3 is 15.1 Å². The smallest absolute Gasteiger partial charge is 0.228 e. The van der Waals surface area contributed by atoms with E-state index in [-0.39, 0.29) is 30.1 Å². The maximum atomic E-state index is 13.0. The number of benzene rings is 1. The third kappa shape index (κ3) is 4.31. The number of rotatable bonds is 4. The number of hydrogen-bond donors (Lipinski definition) is 1. The molecule has 0 bridgehead atoms. The van der Waals surface area contributed by atoms with Crippen LogP contribution in [0.4, 0.5) is 5.69 Å². The minimum absolute atomic E-state index is 0.0221. The average Bonchev–Trinajstić information content (AvgIpc) is 3.03. The van der Waals surface area contributed by atoms with Crippen molar-refractivity contribution in [3.8, 4) is 0 Å². The molecule has 0 aliphatic carbocycles. The summed E-state index contributed by atoms with van der Waals surface area (Å²) in [6.45, 7) is 8.02. The number of piperidine rings is 1. The fourth-order valence-electron chi connectivity index (χ4n) is 4.11. The second-order valence-corrected chi connectivity index (χ2v) is 7.85. The molecule has 2 aliphatic heterocycles. The molecule has 0 saturated carbocycles. The maximum Gasteiger partial charge on any atom is 0.228 e. The molecule has 6 nitrogen and oxygen atoms in total. The Morgan fingerprint density at radius 1 is 1.22 bits per heavy atom. The van der Waals surface area contributed by atoms with Crippen LogP contribution in [0.15, 0.2) is 18.2 Å². The lowest BCUT2D eigenvalue weighted by molar-refractivity contribution is -0.137. The van der Waals surface area contributed by atoms with Gasteiger partial charge in [0.25, 0.3) is 0 Å². The Kier molecular flexibility index (Phi) is 5.82. The van der Waals surface area contributed by atoms with Crippen molar-refractivity contribution < 1.29 is 14.4 Å². The summed E-state index contributed by atoms with van der Waals surface area (Å²) in [5.41, 5.74) is 3.15. The lowest BCUT2D eigenvalue weighted by Crippen LogP contribution is -2.46. The van der Waals surface area contributed by atoms with E-state index in [1.165, 1.54) is 6.92 Å². The lowest BCUT2D eigenvalue weighted by atomic mass is 9.96. The van der Waals surface area contributed by atoms with E-state index in [1.54, 1.807) is 4.90 Å². The number of hydrogen-bond acceptors (Lipinski definition) is 3. The number of nitrogens with one attached hydrogen (secondary N) is 1. The van der Waals surface area contributed by atoms with Gasteiger partial charge in [0.15, 0.2) is 0 Å². The van der Waals surface area contributed by atoms with Gasteiger partial charge in [0.2, 0.25) is 17.7 Å². The summed E-state index contributed by atoms with van der Waals surface area (Å²) in [5.74, 6) is 0.0669. The molecule has 27 heavy (non-hydrogen) atoms. The van der Waals surface area contributed by atoms with Crippen molar-refractivity contribution >= 4 is 23.4 Å². The third-order valence-electron chi connectivity index (χ3n) is 5.81. The minimum atomic E-state index is -0.281. The third-order valence-corrected chi connectivity index (χ3v) is 5.81. The molecule has 1 aromatic rings. The molecule has 2 saturated heterocycles. The van der Waals surface area contributed by atoms with E-state index in [9.17, 15) is 14.4 Å². The van der Waals surface area contributed by atoms with Crippen LogP contribution in [-0.4, -0.2) is 48.8 Å². The van der Waals surface area contributed by atoms with Gasteiger partial charge in [0.1, 0.15) is 0 Å². The second kappa shape index (κ2) is 8.11. The van der Waals surface area contributed by atoms with Crippen LogP contribution in [0.5, 0.6) is 0 Å². The van der Waals surface area contributed by atoms with E-state index in [4.69, 9.17) is 0 Å². The molecule has 0 radical (unpaired) electrons. The molecule has 2 heterocycles. The Morgan fingerprint density at radius 2 is 2.00 bits per heavy atom. The topological polar surface area (TPSA) is 69.7 Å². The number of carbonyl (C=O) groups is 3. The molecule has 3 amide bonds. The average molecular weight is 371 g/mol. The highest BCUT2D eigenvalue weighted by Crippen LogP contribution is 2.31. The van der Waals surface area contributed by atoms with Crippen molar-refractivity contribution in [3.05, 3.63) is 29.3 Å². The number of nitrogens with zero attached hydrogens (tertiary/aromatic N) is 2. The molecular formula is C21H29N3O3. The minimum Gasteiger partial charge on any atom is -0.356 e. The van der Waals surface area contributed by atoms with Gasteiger partial charge in [-0.1, -0.05) is 12.1 Å². The van der Waals surface area contributed by atoms with E-state index in [2.05, 4.69) is 5.32 Å². The van der Waals surface area contributed by atoms with E-state index in [1.807, 2.05) is 36.9 Å². The van der Waals surface area contributed by atoms with Crippen molar-refractivity contribution in [2.24, 2.45) is 11.8 Å². The first kappa shape index (κ1) is 19.4. The first-order valence-electron chi connectivity index (χ1n) is 9.76. The van der Waals surface area contributed by atoms with Crippen molar-refractivity contribution in [1.29, 1.82) is 0 Å². The number of aryl methyl sites for hydroxylation is 1. The summed E-state index contributed by atoms with van der Waals surface area (Å²) in [4.78, 5) is 40.4.